The van der Waals surface area contributed by atoms with Crippen molar-refractivity contribution in [3.8, 4) is 0 Å². The molecule has 1 aromatic heterocycles. The lowest BCUT2D eigenvalue weighted by molar-refractivity contribution is 0.0985. The second kappa shape index (κ2) is 8.39. The summed E-state index contributed by atoms with van der Waals surface area (Å²) in [5, 5.41) is 0.733. The van der Waals surface area contributed by atoms with Gasteiger partial charge in [0, 0.05) is 10.5 Å². The Balaban J connectivity index is 1.80. The van der Waals surface area contributed by atoms with Crippen LogP contribution < -0.4 is 4.90 Å². The molecule has 0 fully saturated rings. The molecule has 0 atom stereocenters. The molecule has 3 nitrogen and oxygen atoms in total. The van der Waals surface area contributed by atoms with Crippen molar-refractivity contribution < 1.29 is 4.79 Å². The Labute approximate surface area is 179 Å². The smallest absolute Gasteiger partial charge is 0.260 e. The van der Waals surface area contributed by atoms with Gasteiger partial charge in [0.25, 0.3) is 5.91 Å². The molecule has 0 aliphatic heterocycles. The highest BCUT2D eigenvalue weighted by atomic mass is 32.2. The SMILES string of the molecule is CSc1cccc(C(=O)N(Cc2ccccc2)c2nc3c(C)c(C)ccc3s2)c1. The van der Waals surface area contributed by atoms with E-state index in [4.69, 9.17) is 4.98 Å². The zero-order valence-electron chi connectivity index (χ0n) is 16.7. The number of carbonyl (C=O) groups is 1. The summed E-state index contributed by atoms with van der Waals surface area (Å²) < 4.78 is 1.10. The maximum atomic E-state index is 13.5. The minimum absolute atomic E-state index is 0.0295. The maximum Gasteiger partial charge on any atom is 0.260 e. The molecule has 0 unspecified atom stereocenters. The van der Waals surface area contributed by atoms with E-state index < -0.39 is 0 Å². The van der Waals surface area contributed by atoms with Gasteiger partial charge in [0.2, 0.25) is 0 Å². The lowest BCUT2D eigenvalue weighted by Crippen LogP contribution is -2.30. The number of carbonyl (C=O) groups excluding carboxylic acids is 1. The van der Waals surface area contributed by atoms with Crippen molar-refractivity contribution in [2.75, 3.05) is 11.2 Å². The molecular formula is C24H22N2OS2. The molecule has 0 aliphatic rings. The molecule has 0 N–H and O–H groups in total. The van der Waals surface area contributed by atoms with Crippen LogP contribution in [0.1, 0.15) is 27.0 Å². The van der Waals surface area contributed by atoms with Crippen molar-refractivity contribution in [3.05, 3.63) is 89.0 Å². The van der Waals surface area contributed by atoms with Crippen molar-refractivity contribution in [1.29, 1.82) is 0 Å². The summed E-state index contributed by atoms with van der Waals surface area (Å²) in [6.07, 6.45) is 2.02. The Morgan fingerprint density at radius 1 is 1.03 bits per heavy atom. The number of rotatable bonds is 5. The monoisotopic (exact) mass is 418 g/mol. The Morgan fingerprint density at radius 3 is 2.59 bits per heavy atom. The van der Waals surface area contributed by atoms with Crippen LogP contribution in [-0.2, 0) is 6.54 Å². The van der Waals surface area contributed by atoms with Crippen LogP contribution in [0, 0.1) is 13.8 Å². The van der Waals surface area contributed by atoms with Crippen molar-refractivity contribution in [2.24, 2.45) is 0 Å². The molecular weight excluding hydrogens is 396 g/mol. The summed E-state index contributed by atoms with van der Waals surface area (Å²) in [5.74, 6) is -0.0295. The molecule has 0 spiro atoms. The van der Waals surface area contributed by atoms with Crippen LogP contribution in [0.2, 0.25) is 0 Å². The average molecular weight is 419 g/mol. The van der Waals surface area contributed by atoms with Gasteiger partial charge in [0.05, 0.1) is 16.8 Å². The molecule has 0 saturated carbocycles. The molecule has 0 saturated heterocycles. The predicted molar refractivity (Wildman–Crippen MR) is 124 cm³/mol. The summed E-state index contributed by atoms with van der Waals surface area (Å²) in [6.45, 7) is 4.67. The van der Waals surface area contributed by atoms with Crippen molar-refractivity contribution >= 4 is 44.4 Å². The summed E-state index contributed by atoms with van der Waals surface area (Å²) in [5.41, 5.74) is 5.12. The first kappa shape index (κ1) is 19.7. The standard InChI is InChI=1S/C24H22N2OS2/c1-16-12-13-21-22(17(16)2)25-24(29-21)26(15-18-8-5-4-6-9-18)23(27)19-10-7-11-20(14-19)28-3/h4-14H,15H2,1-3H3. The molecule has 29 heavy (non-hydrogen) atoms. The normalized spacial score (nSPS) is 11.0. The number of hydrogen-bond donors (Lipinski definition) is 0. The van der Waals surface area contributed by atoms with E-state index in [1.54, 1.807) is 28.0 Å². The van der Waals surface area contributed by atoms with Gasteiger partial charge in [-0.15, -0.1) is 11.8 Å². The number of hydrogen-bond acceptors (Lipinski definition) is 4. The zero-order chi connectivity index (χ0) is 20.4. The highest BCUT2D eigenvalue weighted by Gasteiger charge is 2.22. The van der Waals surface area contributed by atoms with E-state index in [9.17, 15) is 4.79 Å². The van der Waals surface area contributed by atoms with E-state index in [0.717, 1.165) is 25.8 Å². The molecule has 5 heteroatoms. The minimum Gasteiger partial charge on any atom is -0.279 e. The number of fused-ring (bicyclic) bond motifs is 1. The van der Waals surface area contributed by atoms with Crippen LogP contribution in [0.5, 0.6) is 0 Å². The van der Waals surface area contributed by atoms with E-state index >= 15 is 0 Å². The number of nitrogens with zero attached hydrogens (tertiary/aromatic N) is 2. The van der Waals surface area contributed by atoms with E-state index in [-0.39, 0.29) is 5.91 Å². The first-order chi connectivity index (χ1) is 14.1. The van der Waals surface area contributed by atoms with Crippen molar-refractivity contribution in [2.45, 2.75) is 25.3 Å². The van der Waals surface area contributed by atoms with Gasteiger partial charge in [-0.25, -0.2) is 4.98 Å². The number of benzene rings is 3. The van der Waals surface area contributed by atoms with E-state index in [0.29, 0.717) is 12.1 Å². The number of thiazole rings is 1. The van der Waals surface area contributed by atoms with Gasteiger partial charge in [-0.2, -0.15) is 0 Å². The second-order valence-corrected chi connectivity index (χ2v) is 8.85. The number of thioether (sulfide) groups is 1. The van der Waals surface area contributed by atoms with Gasteiger partial charge in [0.1, 0.15) is 0 Å². The lowest BCUT2D eigenvalue weighted by atomic mass is 10.1. The third-order valence-electron chi connectivity index (χ3n) is 5.05. The number of aryl methyl sites for hydroxylation is 2. The fourth-order valence-electron chi connectivity index (χ4n) is 3.23. The molecule has 146 valence electrons. The Kier molecular flexibility index (Phi) is 5.69. The summed E-state index contributed by atoms with van der Waals surface area (Å²) in [6, 6.07) is 22.1. The molecule has 0 radical (unpaired) electrons. The molecule has 1 heterocycles. The highest BCUT2D eigenvalue weighted by Crippen LogP contribution is 2.33. The lowest BCUT2D eigenvalue weighted by Gasteiger charge is -2.20. The summed E-state index contributed by atoms with van der Waals surface area (Å²) >= 11 is 3.20. The van der Waals surface area contributed by atoms with E-state index in [1.807, 2.05) is 60.9 Å². The number of amides is 1. The molecule has 3 aromatic carbocycles. The summed E-state index contributed by atoms with van der Waals surface area (Å²) in [7, 11) is 0. The van der Waals surface area contributed by atoms with Crippen molar-refractivity contribution in [3.63, 3.8) is 0 Å². The first-order valence-corrected chi connectivity index (χ1v) is 11.5. The van der Waals surface area contributed by atoms with Gasteiger partial charge >= 0.3 is 0 Å². The molecule has 4 aromatic rings. The van der Waals surface area contributed by atoms with Crippen molar-refractivity contribution in [1.82, 2.24) is 4.98 Å². The fourth-order valence-corrected chi connectivity index (χ4v) is 4.72. The van der Waals surface area contributed by atoms with Crippen LogP contribution in [0.3, 0.4) is 0 Å². The van der Waals surface area contributed by atoms with E-state index in [2.05, 4.69) is 26.0 Å². The Hall–Kier alpha value is -2.63. The van der Waals surface area contributed by atoms with Gasteiger partial charge in [-0.05, 0) is 61.1 Å². The average Bonchev–Trinajstić information content (AvgIpc) is 3.20. The van der Waals surface area contributed by atoms with Crippen LogP contribution in [0.4, 0.5) is 5.13 Å². The number of aromatic nitrogens is 1. The summed E-state index contributed by atoms with van der Waals surface area (Å²) in [4.78, 5) is 21.3. The zero-order valence-corrected chi connectivity index (χ0v) is 18.3. The molecule has 0 bridgehead atoms. The van der Waals surface area contributed by atoms with Crippen LogP contribution in [0.15, 0.2) is 71.6 Å². The predicted octanol–water partition coefficient (Wildman–Crippen LogP) is 6.48. The second-order valence-electron chi connectivity index (χ2n) is 6.96. The first-order valence-electron chi connectivity index (χ1n) is 9.43. The largest absolute Gasteiger partial charge is 0.279 e. The fraction of sp³-hybridized carbons (Fsp3) is 0.167. The third-order valence-corrected chi connectivity index (χ3v) is 6.82. The van der Waals surface area contributed by atoms with Gasteiger partial charge < -0.3 is 0 Å². The molecule has 1 amide bonds. The third kappa shape index (κ3) is 4.07. The van der Waals surface area contributed by atoms with Gasteiger partial charge in [-0.3, -0.25) is 9.69 Å². The maximum absolute atomic E-state index is 13.5. The Bertz CT molecular complexity index is 1170. The number of anilines is 1. The van der Waals surface area contributed by atoms with Gasteiger partial charge in [-0.1, -0.05) is 53.8 Å². The van der Waals surface area contributed by atoms with Gasteiger partial charge in [0.15, 0.2) is 5.13 Å². The molecule has 4 rings (SSSR count). The molecule has 0 aliphatic carbocycles. The van der Waals surface area contributed by atoms with E-state index in [1.165, 1.54) is 11.1 Å². The van der Waals surface area contributed by atoms with Crippen LogP contribution in [-0.4, -0.2) is 17.1 Å². The quantitative estimate of drug-likeness (QED) is 0.348. The minimum atomic E-state index is -0.0295. The highest BCUT2D eigenvalue weighted by molar-refractivity contribution is 7.98. The van der Waals surface area contributed by atoms with Crippen LogP contribution >= 0.6 is 23.1 Å². The Morgan fingerprint density at radius 2 is 1.83 bits per heavy atom. The van der Waals surface area contributed by atoms with Crippen LogP contribution in [0.25, 0.3) is 10.2 Å². The topological polar surface area (TPSA) is 33.2 Å².